The number of aryl methyl sites for hydroxylation is 1. The van der Waals surface area contributed by atoms with Crippen molar-refractivity contribution in [1.82, 2.24) is 14.5 Å². The van der Waals surface area contributed by atoms with Gasteiger partial charge in [-0.25, -0.2) is 4.98 Å². The van der Waals surface area contributed by atoms with Crippen LogP contribution in [0, 0.1) is 11.8 Å². The molecule has 1 aromatic carbocycles. The number of aliphatic hydroxyl groups excluding tert-OH is 3. The van der Waals surface area contributed by atoms with E-state index in [1.165, 1.54) is 19.0 Å². The number of aliphatic hydroxyl groups is 4. The Bertz CT molecular complexity index is 1570. The van der Waals surface area contributed by atoms with Crippen LogP contribution in [0.4, 0.5) is 0 Å². The number of aromatic nitrogens is 2. The van der Waals surface area contributed by atoms with Gasteiger partial charge in [0.2, 0.25) is 5.78 Å². The number of ketones is 2. The fourth-order valence-electron chi connectivity index (χ4n) is 7.43. The number of imidazole rings is 1. The third-order valence-corrected chi connectivity index (χ3v) is 9.64. The maximum atomic E-state index is 14.2. The van der Waals surface area contributed by atoms with E-state index in [9.17, 15) is 39.9 Å². The number of likely N-dealkylation sites (N-methyl/N-ethyl adjacent to an activating group) is 1. The van der Waals surface area contributed by atoms with E-state index >= 15 is 0 Å². The van der Waals surface area contributed by atoms with Gasteiger partial charge in [0.25, 0.3) is 5.91 Å². The van der Waals surface area contributed by atoms with Gasteiger partial charge in [-0.05, 0) is 43.8 Å². The molecule has 2 aromatic rings. The predicted molar refractivity (Wildman–Crippen MR) is 154 cm³/mol. The normalized spacial score (nSPS) is 29.1. The van der Waals surface area contributed by atoms with Gasteiger partial charge in [-0.3, -0.25) is 19.3 Å². The van der Waals surface area contributed by atoms with Gasteiger partial charge in [-0.2, -0.15) is 0 Å². The molecule has 12 nitrogen and oxygen atoms in total. The summed E-state index contributed by atoms with van der Waals surface area (Å²) in [7, 11) is 3.00. The van der Waals surface area contributed by atoms with Gasteiger partial charge in [-0.15, -0.1) is 0 Å². The Morgan fingerprint density at radius 3 is 2.44 bits per heavy atom. The molecule has 0 fully saturated rings. The summed E-state index contributed by atoms with van der Waals surface area (Å²) in [6, 6.07) is 2.19. The molecule has 1 aromatic heterocycles. The van der Waals surface area contributed by atoms with Gasteiger partial charge in [0.05, 0.1) is 30.0 Å². The van der Waals surface area contributed by atoms with Crippen molar-refractivity contribution in [1.29, 1.82) is 0 Å². The zero-order chi connectivity index (χ0) is 31.8. The van der Waals surface area contributed by atoms with Crippen LogP contribution >= 0.6 is 0 Å². The molecule has 0 aliphatic heterocycles. The quantitative estimate of drug-likeness (QED) is 0.256. The Morgan fingerprint density at radius 2 is 1.86 bits per heavy atom. The minimum atomic E-state index is -2.94. The lowest BCUT2D eigenvalue weighted by atomic mass is 9.55. The van der Waals surface area contributed by atoms with Crippen LogP contribution in [0.2, 0.25) is 0 Å². The van der Waals surface area contributed by atoms with Crippen molar-refractivity contribution in [3.63, 3.8) is 0 Å². The highest BCUT2D eigenvalue weighted by Gasteiger charge is 2.67. The largest absolute Gasteiger partial charge is 0.510 e. The number of carbonyl (C=O) groups is 3. The third-order valence-electron chi connectivity index (χ3n) is 9.64. The van der Waals surface area contributed by atoms with Crippen LogP contribution < -0.4 is 5.73 Å². The third kappa shape index (κ3) is 4.30. The molecule has 0 saturated heterocycles. The number of hydrogen-bond donors (Lipinski definition) is 6. The molecular formula is C31H38N4O8. The molecule has 230 valence electrons. The number of Topliss-reactive ketones (excluding diaryl/α,β-unsaturated/α-hetero) is 2. The summed E-state index contributed by atoms with van der Waals surface area (Å²) in [5.74, 6) is -8.93. The summed E-state index contributed by atoms with van der Waals surface area (Å²) in [5.41, 5.74) is 1.39. The van der Waals surface area contributed by atoms with E-state index in [2.05, 4.69) is 4.98 Å². The second-order valence-corrected chi connectivity index (χ2v) is 12.8. The van der Waals surface area contributed by atoms with Crippen LogP contribution in [0.5, 0.6) is 5.75 Å². The van der Waals surface area contributed by atoms with Crippen molar-refractivity contribution >= 4 is 17.5 Å². The number of carbonyl (C=O) groups excluding carboxylic acids is 3. The summed E-state index contributed by atoms with van der Waals surface area (Å²) < 4.78 is 1.95. The fourth-order valence-corrected chi connectivity index (χ4v) is 7.43. The molecule has 3 aliphatic rings. The molecular weight excluding hydrogens is 556 g/mol. The zero-order valence-corrected chi connectivity index (χ0v) is 24.8. The van der Waals surface area contributed by atoms with Crippen molar-refractivity contribution in [3.8, 4) is 5.75 Å². The van der Waals surface area contributed by atoms with Crippen LogP contribution in [-0.2, 0) is 21.5 Å². The summed E-state index contributed by atoms with van der Waals surface area (Å²) in [4.78, 5) is 45.4. The first-order valence-corrected chi connectivity index (χ1v) is 14.2. The zero-order valence-electron chi connectivity index (χ0n) is 24.8. The van der Waals surface area contributed by atoms with Crippen molar-refractivity contribution in [2.24, 2.45) is 17.6 Å². The van der Waals surface area contributed by atoms with E-state index < -0.39 is 81.1 Å². The van der Waals surface area contributed by atoms with Crippen LogP contribution in [0.25, 0.3) is 0 Å². The fraction of sp³-hybridized carbons (Fsp3) is 0.484. The number of amides is 1. The van der Waals surface area contributed by atoms with Crippen molar-refractivity contribution in [2.45, 2.75) is 69.2 Å². The van der Waals surface area contributed by atoms with Gasteiger partial charge < -0.3 is 35.8 Å². The standard InChI is InChI=1S/C31H38N4O8/c1-14-15-7-8-16(30(2,3)9-6-11-35-12-10-33-13-35)23(36)18(15)24(37)19-17(14)25(38)21-22(34(4)5)26(39)20(29(32)42)28(41)31(21,43)27(19)40/h7-8,10,12-14,17,21-22,25,36,38-40,43H,6,9,11H2,1-5H3,(H2,32,42). The lowest BCUT2D eigenvalue weighted by Crippen LogP contribution is -2.68. The van der Waals surface area contributed by atoms with E-state index in [4.69, 9.17) is 5.73 Å². The van der Waals surface area contributed by atoms with E-state index in [0.29, 0.717) is 24.1 Å². The number of nitrogens with two attached hydrogens (primary N) is 1. The molecule has 0 bridgehead atoms. The first kappa shape index (κ1) is 30.5. The van der Waals surface area contributed by atoms with Gasteiger partial charge in [0.15, 0.2) is 11.4 Å². The SMILES string of the molecule is CC1c2ccc(C(C)(C)CCCn3ccnc3)c(O)c2C(=O)C2=C(O)C3(O)C(=O)C(C(N)=O)=C(O)C(N(C)C)C3C(O)C21. The van der Waals surface area contributed by atoms with E-state index in [0.717, 1.165) is 6.42 Å². The second-order valence-electron chi connectivity index (χ2n) is 12.8. The summed E-state index contributed by atoms with van der Waals surface area (Å²) in [6.45, 7) is 6.32. The number of phenolic OH excluding ortho intramolecular Hbond substituents is 1. The lowest BCUT2D eigenvalue weighted by molar-refractivity contribution is -0.162. The molecule has 0 saturated carbocycles. The highest BCUT2D eigenvalue weighted by atomic mass is 16.4. The Labute approximate surface area is 248 Å². The number of aromatic hydroxyl groups is 1. The van der Waals surface area contributed by atoms with Gasteiger partial charge in [-0.1, -0.05) is 32.9 Å². The Balaban J connectivity index is 1.63. The Kier molecular flexibility index (Phi) is 7.31. The van der Waals surface area contributed by atoms with Crippen molar-refractivity contribution < 1.29 is 39.9 Å². The Morgan fingerprint density at radius 1 is 1.19 bits per heavy atom. The number of rotatable bonds is 7. The maximum absolute atomic E-state index is 14.2. The highest BCUT2D eigenvalue weighted by Crippen LogP contribution is 2.56. The smallest absolute Gasteiger partial charge is 0.255 e. The molecule has 0 radical (unpaired) electrons. The number of benzene rings is 1. The van der Waals surface area contributed by atoms with Gasteiger partial charge in [0.1, 0.15) is 22.8 Å². The van der Waals surface area contributed by atoms with Crippen LogP contribution in [0.3, 0.4) is 0 Å². The molecule has 6 unspecified atom stereocenters. The first-order chi connectivity index (χ1) is 20.1. The van der Waals surface area contributed by atoms with Crippen molar-refractivity contribution in [2.75, 3.05) is 14.1 Å². The average molecular weight is 595 g/mol. The highest BCUT2D eigenvalue weighted by molar-refractivity contribution is 6.25. The molecule has 7 N–H and O–H groups in total. The van der Waals surface area contributed by atoms with Crippen LogP contribution in [0.15, 0.2) is 53.5 Å². The number of hydrogen-bond acceptors (Lipinski definition) is 10. The molecule has 6 atom stereocenters. The first-order valence-electron chi connectivity index (χ1n) is 14.2. The molecule has 43 heavy (non-hydrogen) atoms. The van der Waals surface area contributed by atoms with Crippen LogP contribution in [0.1, 0.15) is 61.0 Å². The second kappa shape index (κ2) is 10.3. The number of primary amides is 1. The lowest BCUT2D eigenvalue weighted by Gasteiger charge is -2.53. The molecule has 3 aliphatic carbocycles. The van der Waals surface area contributed by atoms with E-state index in [1.54, 1.807) is 31.6 Å². The maximum Gasteiger partial charge on any atom is 0.255 e. The predicted octanol–water partition coefficient (Wildman–Crippen LogP) is 1.61. The average Bonchev–Trinajstić information content (AvgIpc) is 3.43. The van der Waals surface area contributed by atoms with Crippen molar-refractivity contribution in [3.05, 3.63) is 70.2 Å². The van der Waals surface area contributed by atoms with E-state index in [-0.39, 0.29) is 11.3 Å². The van der Waals surface area contributed by atoms with Gasteiger partial charge >= 0.3 is 0 Å². The molecule has 1 heterocycles. The number of phenols is 1. The van der Waals surface area contributed by atoms with E-state index in [1.807, 2.05) is 24.6 Å². The minimum absolute atomic E-state index is 0.0827. The molecule has 0 spiro atoms. The molecule has 5 rings (SSSR count). The summed E-state index contributed by atoms with van der Waals surface area (Å²) in [6.07, 6.45) is 5.07. The number of nitrogens with zero attached hydrogens (tertiary/aromatic N) is 3. The summed E-state index contributed by atoms with van der Waals surface area (Å²) >= 11 is 0. The molecule has 12 heteroatoms. The number of fused-ring (bicyclic) bond motifs is 3. The van der Waals surface area contributed by atoms with Gasteiger partial charge in [0, 0.05) is 36.0 Å². The monoisotopic (exact) mass is 594 g/mol. The minimum Gasteiger partial charge on any atom is -0.510 e. The topological polar surface area (TPSA) is 199 Å². The Hall–Kier alpha value is -4.00. The molecule has 1 amide bonds. The summed E-state index contributed by atoms with van der Waals surface area (Å²) in [5, 5.41) is 57.7. The van der Waals surface area contributed by atoms with Crippen LogP contribution in [-0.4, -0.2) is 89.3 Å².